The average molecular weight is 805 g/mol. The molecule has 0 radical (unpaired) electrons. The number of nitrogens with one attached hydrogen (secondary N) is 3. The molecule has 1 aliphatic heterocycles. The number of amides is 2. The largest absolute Gasteiger partial charge is 0.478 e. The number of carboxylic acid groups (broad SMARTS) is 1. The number of benzene rings is 2. The van der Waals surface area contributed by atoms with Crippen molar-refractivity contribution in [2.45, 2.75) is 45.3 Å². The maximum absolute atomic E-state index is 13.7. The van der Waals surface area contributed by atoms with Gasteiger partial charge in [-0.1, -0.05) is 0 Å². The van der Waals surface area contributed by atoms with E-state index in [1.165, 1.54) is 36.7 Å². The van der Waals surface area contributed by atoms with Gasteiger partial charge in [0.15, 0.2) is 11.3 Å². The smallest absolute Gasteiger partial charge is 0.410 e. The summed E-state index contributed by atoms with van der Waals surface area (Å²) < 4.78 is 35.7. The van der Waals surface area contributed by atoms with Crippen LogP contribution < -0.4 is 5.32 Å². The van der Waals surface area contributed by atoms with Gasteiger partial charge in [-0.3, -0.25) is 14.2 Å². The molecule has 17 nitrogen and oxygen atoms in total. The molecule has 1 fully saturated rings. The van der Waals surface area contributed by atoms with Crippen LogP contribution in [0, 0.1) is 11.6 Å². The summed E-state index contributed by atoms with van der Waals surface area (Å²) in [5.41, 5.74) is 3.89. The molecule has 0 spiro atoms. The SMILES string of the molecule is Cn1nc(-c2cnc3[nH]cc(C(=O)NC4(C)CCN(C(=O)OC(C)(C)C)C4)c3n2)c2ccc(F)cc21.Cn1nc(-c2cnc3[nH]cc(C(=O)O)c3n2)c2ccc(F)cc21. The van der Waals surface area contributed by atoms with Crippen LogP contribution >= 0.6 is 0 Å². The monoisotopic (exact) mass is 804 g/mol. The molecule has 2 amide bonds. The van der Waals surface area contributed by atoms with Crippen LogP contribution in [0.4, 0.5) is 13.6 Å². The van der Waals surface area contributed by atoms with Gasteiger partial charge in [-0.2, -0.15) is 10.2 Å². The van der Waals surface area contributed by atoms with E-state index in [2.05, 4.69) is 45.4 Å². The highest BCUT2D eigenvalue weighted by Crippen LogP contribution is 2.30. The lowest BCUT2D eigenvalue weighted by Gasteiger charge is -2.27. The van der Waals surface area contributed by atoms with E-state index in [4.69, 9.17) is 4.74 Å². The molecule has 59 heavy (non-hydrogen) atoms. The maximum Gasteiger partial charge on any atom is 0.410 e. The van der Waals surface area contributed by atoms with Crippen molar-refractivity contribution in [3.8, 4) is 22.8 Å². The van der Waals surface area contributed by atoms with E-state index in [9.17, 15) is 28.3 Å². The van der Waals surface area contributed by atoms with Crippen LogP contribution in [0.1, 0.15) is 54.8 Å². The lowest BCUT2D eigenvalue weighted by Crippen LogP contribution is -2.49. The zero-order chi connectivity index (χ0) is 42.0. The molecule has 1 aliphatic rings. The highest BCUT2D eigenvalue weighted by Gasteiger charge is 2.39. The van der Waals surface area contributed by atoms with Crippen molar-refractivity contribution >= 4 is 62.1 Å². The molecule has 9 rings (SSSR count). The number of aryl methyl sites for hydroxylation is 2. The molecule has 6 aromatic heterocycles. The van der Waals surface area contributed by atoms with Crippen LogP contribution in [0.5, 0.6) is 0 Å². The number of halogens is 2. The fourth-order valence-electron chi connectivity index (χ4n) is 7.07. The summed E-state index contributed by atoms with van der Waals surface area (Å²) in [5.74, 6) is -2.12. The fourth-order valence-corrected chi connectivity index (χ4v) is 7.07. The summed E-state index contributed by atoms with van der Waals surface area (Å²) in [4.78, 5) is 62.0. The molecule has 302 valence electrons. The Bertz CT molecular complexity index is 2980. The second-order valence-corrected chi connectivity index (χ2v) is 15.5. The second kappa shape index (κ2) is 14.3. The first-order valence-corrected chi connectivity index (χ1v) is 18.4. The summed E-state index contributed by atoms with van der Waals surface area (Å²) in [5, 5.41) is 22.6. The molecule has 0 bridgehead atoms. The quantitative estimate of drug-likeness (QED) is 0.155. The molecule has 1 unspecified atom stereocenters. The number of carbonyl (C=O) groups excluding carboxylic acids is 2. The second-order valence-electron chi connectivity index (χ2n) is 15.5. The van der Waals surface area contributed by atoms with Crippen LogP contribution in [0.2, 0.25) is 0 Å². The molecule has 0 saturated carbocycles. The first-order valence-electron chi connectivity index (χ1n) is 18.4. The highest BCUT2D eigenvalue weighted by molar-refractivity contribution is 6.05. The first-order chi connectivity index (χ1) is 28.0. The van der Waals surface area contributed by atoms with Gasteiger partial charge in [0.1, 0.15) is 56.6 Å². The number of aromatic nitrogens is 10. The van der Waals surface area contributed by atoms with Gasteiger partial charge in [-0.05, 0) is 70.5 Å². The Kier molecular flexibility index (Phi) is 9.32. The van der Waals surface area contributed by atoms with Crippen molar-refractivity contribution in [3.63, 3.8) is 0 Å². The number of aromatic carboxylic acids is 1. The predicted octanol–water partition coefficient (Wildman–Crippen LogP) is 6.13. The average Bonchev–Trinajstić information content (AvgIpc) is 4.01. The van der Waals surface area contributed by atoms with E-state index >= 15 is 0 Å². The highest BCUT2D eigenvalue weighted by atomic mass is 19.1. The molecule has 8 aromatic rings. The van der Waals surface area contributed by atoms with Gasteiger partial charge in [0, 0.05) is 50.4 Å². The van der Waals surface area contributed by atoms with Gasteiger partial charge in [-0.15, -0.1) is 0 Å². The Labute approximate surface area is 333 Å². The Morgan fingerprint density at radius 3 is 1.85 bits per heavy atom. The number of rotatable bonds is 5. The van der Waals surface area contributed by atoms with Gasteiger partial charge in [-0.25, -0.2) is 38.3 Å². The molecule has 0 aliphatic carbocycles. The van der Waals surface area contributed by atoms with Gasteiger partial charge in [0.2, 0.25) is 0 Å². The predicted molar refractivity (Wildman–Crippen MR) is 212 cm³/mol. The van der Waals surface area contributed by atoms with Crippen molar-refractivity contribution in [2.24, 2.45) is 14.1 Å². The van der Waals surface area contributed by atoms with Crippen molar-refractivity contribution in [3.05, 3.63) is 83.9 Å². The van der Waals surface area contributed by atoms with Crippen molar-refractivity contribution < 1.29 is 33.0 Å². The molecule has 7 heterocycles. The summed E-state index contributed by atoms with van der Waals surface area (Å²) in [6, 6.07) is 8.79. The van der Waals surface area contributed by atoms with E-state index in [1.54, 1.807) is 52.9 Å². The third-order valence-electron chi connectivity index (χ3n) is 9.89. The fraction of sp³-hybridized carbons (Fsp3) is 0.275. The molecule has 19 heteroatoms. The molecular weight excluding hydrogens is 767 g/mol. The minimum Gasteiger partial charge on any atom is -0.478 e. The van der Waals surface area contributed by atoms with Gasteiger partial charge >= 0.3 is 12.1 Å². The number of fused-ring (bicyclic) bond motifs is 4. The van der Waals surface area contributed by atoms with Crippen LogP contribution in [0.3, 0.4) is 0 Å². The van der Waals surface area contributed by atoms with Crippen LogP contribution in [0.15, 0.2) is 61.2 Å². The summed E-state index contributed by atoms with van der Waals surface area (Å²) >= 11 is 0. The summed E-state index contributed by atoms with van der Waals surface area (Å²) in [7, 11) is 3.44. The summed E-state index contributed by atoms with van der Waals surface area (Å²) in [6.45, 7) is 8.18. The van der Waals surface area contributed by atoms with E-state index in [0.717, 1.165) is 10.8 Å². The van der Waals surface area contributed by atoms with Crippen LogP contribution in [-0.4, -0.2) is 102 Å². The van der Waals surface area contributed by atoms with Gasteiger partial charge in [0.05, 0.1) is 34.5 Å². The van der Waals surface area contributed by atoms with Gasteiger partial charge in [0.25, 0.3) is 5.91 Å². The Morgan fingerprint density at radius 2 is 1.34 bits per heavy atom. The number of aromatic amines is 2. The van der Waals surface area contributed by atoms with Crippen LogP contribution in [0.25, 0.3) is 66.9 Å². The molecule has 1 saturated heterocycles. The third kappa shape index (κ3) is 7.37. The number of ether oxygens (including phenoxy) is 1. The maximum atomic E-state index is 13.7. The summed E-state index contributed by atoms with van der Waals surface area (Å²) in [6.07, 6.45) is 6.19. The van der Waals surface area contributed by atoms with Crippen molar-refractivity contribution in [1.29, 1.82) is 0 Å². The first kappa shape index (κ1) is 38.6. The zero-order valence-corrected chi connectivity index (χ0v) is 32.8. The van der Waals surface area contributed by atoms with E-state index in [0.29, 0.717) is 75.7 Å². The van der Waals surface area contributed by atoms with E-state index < -0.39 is 23.2 Å². The topological polar surface area (TPSA) is 215 Å². The van der Waals surface area contributed by atoms with Gasteiger partial charge < -0.3 is 30.0 Å². The molecule has 4 N–H and O–H groups in total. The standard InChI is InChI=1S/C25H28FN7O3.C15H10FN5O2/c1-24(2,3)36-23(35)33-9-8-25(4,13-33)30-22(34)16-11-27-21-20(16)29-17(12-28-21)19-15-7-6-14(26)10-18(15)32(5)31-19;1-21-11-4-7(16)2-3-8(11)12(20-21)10-6-18-14-13(19-10)9(5-17-14)15(22)23/h6-7,10-12H,8-9,13H2,1-5H3,(H,27,28)(H,30,34);2-6H,1H3,(H,17,18)(H,22,23). The van der Waals surface area contributed by atoms with E-state index in [1.807, 2.05) is 27.7 Å². The number of hydrogen-bond acceptors (Lipinski definition) is 10. The number of hydrogen-bond donors (Lipinski definition) is 4. The third-order valence-corrected chi connectivity index (χ3v) is 9.89. The molecular formula is C40H38F2N12O5. The Morgan fingerprint density at radius 1 is 0.831 bits per heavy atom. The number of nitrogens with zero attached hydrogens (tertiary/aromatic N) is 9. The van der Waals surface area contributed by atoms with E-state index in [-0.39, 0.29) is 28.6 Å². The Hall–Kier alpha value is -7.31. The zero-order valence-electron chi connectivity index (χ0n) is 32.8. The number of H-pyrrole nitrogens is 2. The number of carboxylic acids is 1. The van der Waals surface area contributed by atoms with Crippen molar-refractivity contribution in [1.82, 2.24) is 59.7 Å². The number of likely N-dealkylation sites (tertiary alicyclic amines) is 1. The molecule has 1 atom stereocenters. The minimum absolute atomic E-state index is 0.0423. The van der Waals surface area contributed by atoms with Crippen molar-refractivity contribution in [2.75, 3.05) is 13.1 Å². The number of carbonyl (C=O) groups is 3. The normalized spacial score (nSPS) is 15.6. The van der Waals surface area contributed by atoms with Crippen LogP contribution in [-0.2, 0) is 18.8 Å². The minimum atomic E-state index is -1.09. The lowest BCUT2D eigenvalue weighted by atomic mass is 10.0. The lowest BCUT2D eigenvalue weighted by molar-refractivity contribution is 0.0280. The molecule has 2 aromatic carbocycles. The Balaban J connectivity index is 0.000000180.